The van der Waals surface area contributed by atoms with E-state index in [-0.39, 0.29) is 4.90 Å². The van der Waals surface area contributed by atoms with Gasteiger partial charge in [-0.25, -0.2) is 13.2 Å². The molecule has 0 heterocycles. The Balaban J connectivity index is 3.23. The number of carbonyl (C=O) groups is 2. The molecule has 0 saturated carbocycles. The highest BCUT2D eigenvalue weighted by atomic mass is 32.2. The number of rotatable bonds is 1. The van der Waals surface area contributed by atoms with Crippen molar-refractivity contribution in [3.05, 3.63) is 30.3 Å². The molecule has 0 fully saturated rings. The van der Waals surface area contributed by atoms with E-state index in [4.69, 9.17) is 5.11 Å². The average molecular weight is 214 g/mol. The van der Waals surface area contributed by atoms with Crippen LogP contribution in [0, 0.1) is 0 Å². The quantitative estimate of drug-likeness (QED) is 0.668. The molecule has 0 atom stereocenters. The van der Waals surface area contributed by atoms with E-state index >= 15 is 0 Å². The Bertz CT molecular complexity index is 460. The van der Waals surface area contributed by atoms with Gasteiger partial charge in [0.05, 0.1) is 4.90 Å². The monoisotopic (exact) mass is 214 g/mol. The largest absolute Gasteiger partial charge is 0.475 e. The van der Waals surface area contributed by atoms with Gasteiger partial charge in [0, 0.05) is 0 Å². The topological polar surface area (TPSA) is 88.5 Å². The van der Waals surface area contributed by atoms with Gasteiger partial charge >= 0.3 is 11.1 Å². The first-order chi connectivity index (χ1) is 6.46. The third kappa shape index (κ3) is 1.80. The summed E-state index contributed by atoms with van der Waals surface area (Å²) >= 11 is 0. The van der Waals surface area contributed by atoms with Crippen LogP contribution in [0.15, 0.2) is 35.2 Å². The Kier molecular flexibility index (Phi) is 2.66. The van der Waals surface area contributed by atoms with E-state index in [1.807, 2.05) is 0 Å². The summed E-state index contributed by atoms with van der Waals surface area (Å²) in [5, 5.41) is 6.43. The molecule has 0 spiro atoms. The van der Waals surface area contributed by atoms with Crippen LogP contribution < -0.4 is 0 Å². The molecule has 0 bridgehead atoms. The van der Waals surface area contributed by atoms with Crippen LogP contribution in [0.4, 0.5) is 0 Å². The fourth-order valence-electron chi connectivity index (χ4n) is 0.822. The van der Waals surface area contributed by atoms with Crippen LogP contribution in [-0.4, -0.2) is 24.6 Å². The van der Waals surface area contributed by atoms with Crippen molar-refractivity contribution < 1.29 is 23.1 Å². The van der Waals surface area contributed by atoms with E-state index < -0.39 is 20.9 Å². The van der Waals surface area contributed by atoms with Crippen LogP contribution in [0.2, 0.25) is 0 Å². The first-order valence-corrected chi connectivity index (χ1v) is 5.02. The third-order valence-electron chi connectivity index (χ3n) is 1.47. The second-order valence-electron chi connectivity index (χ2n) is 2.41. The molecule has 0 radical (unpaired) electrons. The number of aliphatic carboxylic acids is 1. The number of sulfone groups is 1. The maximum atomic E-state index is 11.2. The summed E-state index contributed by atoms with van der Waals surface area (Å²) < 4.78 is 22.5. The number of hydrogen-bond acceptors (Lipinski definition) is 4. The van der Waals surface area contributed by atoms with Crippen molar-refractivity contribution in [3.8, 4) is 0 Å². The molecule has 1 aromatic carbocycles. The minimum absolute atomic E-state index is 0.313. The van der Waals surface area contributed by atoms with E-state index in [0.717, 1.165) is 12.1 Å². The molecule has 1 aromatic rings. The lowest BCUT2D eigenvalue weighted by molar-refractivity contribution is -0.145. The molecule has 74 valence electrons. The SMILES string of the molecule is O=C(O)C(=O)S(=O)(=O)c1ccccc1. The highest BCUT2D eigenvalue weighted by Gasteiger charge is 2.30. The summed E-state index contributed by atoms with van der Waals surface area (Å²) in [5.41, 5.74) is 0. The highest BCUT2D eigenvalue weighted by Crippen LogP contribution is 2.10. The van der Waals surface area contributed by atoms with Gasteiger partial charge in [-0.3, -0.25) is 4.79 Å². The summed E-state index contributed by atoms with van der Waals surface area (Å²) in [4.78, 5) is 20.7. The molecule has 14 heavy (non-hydrogen) atoms. The summed E-state index contributed by atoms with van der Waals surface area (Å²) in [5.74, 6) is -1.98. The first-order valence-electron chi connectivity index (χ1n) is 3.53. The Morgan fingerprint density at radius 3 is 2.00 bits per heavy atom. The van der Waals surface area contributed by atoms with E-state index in [9.17, 15) is 18.0 Å². The zero-order valence-corrected chi connectivity index (χ0v) is 7.69. The van der Waals surface area contributed by atoms with Gasteiger partial charge in [-0.2, -0.15) is 0 Å². The van der Waals surface area contributed by atoms with Crippen molar-refractivity contribution in [2.24, 2.45) is 0 Å². The number of carboxylic acids is 1. The first kappa shape index (κ1) is 10.4. The lowest BCUT2D eigenvalue weighted by Gasteiger charge is -1.98. The van der Waals surface area contributed by atoms with Gasteiger partial charge in [-0.05, 0) is 12.1 Å². The molecular formula is C8H6O5S. The minimum Gasteiger partial charge on any atom is -0.475 e. The van der Waals surface area contributed by atoms with Crippen molar-refractivity contribution in [1.82, 2.24) is 0 Å². The molecule has 1 rings (SSSR count). The minimum atomic E-state index is -4.38. The van der Waals surface area contributed by atoms with Crippen LogP contribution in [0.3, 0.4) is 0 Å². The van der Waals surface area contributed by atoms with Crippen molar-refractivity contribution in [1.29, 1.82) is 0 Å². The molecule has 0 saturated heterocycles. The van der Waals surface area contributed by atoms with Gasteiger partial charge in [0.25, 0.3) is 9.84 Å². The normalized spacial score (nSPS) is 10.9. The Labute approximate surface area is 79.9 Å². The molecule has 0 aliphatic carbocycles. The number of carbonyl (C=O) groups excluding carboxylic acids is 1. The van der Waals surface area contributed by atoms with Crippen LogP contribution in [0.1, 0.15) is 0 Å². The van der Waals surface area contributed by atoms with E-state index in [2.05, 4.69) is 0 Å². The number of benzene rings is 1. The van der Waals surface area contributed by atoms with Crippen LogP contribution >= 0.6 is 0 Å². The molecule has 5 nitrogen and oxygen atoms in total. The average Bonchev–Trinajstić information content (AvgIpc) is 2.18. The molecule has 0 unspecified atom stereocenters. The number of hydrogen-bond donors (Lipinski definition) is 1. The molecule has 0 aliphatic heterocycles. The van der Waals surface area contributed by atoms with Crippen molar-refractivity contribution in [2.75, 3.05) is 0 Å². The maximum Gasteiger partial charge on any atom is 0.389 e. The Morgan fingerprint density at radius 1 is 1.07 bits per heavy atom. The lowest BCUT2D eigenvalue weighted by Crippen LogP contribution is -2.23. The fourth-order valence-corrected chi connectivity index (χ4v) is 1.78. The van der Waals surface area contributed by atoms with Crippen LogP contribution in [0.5, 0.6) is 0 Å². The predicted molar refractivity (Wildman–Crippen MR) is 46.3 cm³/mol. The van der Waals surface area contributed by atoms with Crippen molar-refractivity contribution in [2.45, 2.75) is 4.90 Å². The smallest absolute Gasteiger partial charge is 0.389 e. The van der Waals surface area contributed by atoms with Crippen LogP contribution in [-0.2, 0) is 19.4 Å². The molecule has 0 aliphatic rings. The van der Waals surface area contributed by atoms with Gasteiger partial charge in [-0.15, -0.1) is 0 Å². The molecule has 0 amide bonds. The summed E-state index contributed by atoms with van der Waals surface area (Å²) in [6.07, 6.45) is 0. The molecule has 1 N–H and O–H groups in total. The summed E-state index contributed by atoms with van der Waals surface area (Å²) in [7, 11) is -4.38. The number of carboxylic acid groups (broad SMARTS) is 1. The second kappa shape index (κ2) is 3.59. The fraction of sp³-hybridized carbons (Fsp3) is 0. The summed E-state index contributed by atoms with van der Waals surface area (Å²) in [6, 6.07) is 6.70. The molecular weight excluding hydrogens is 208 g/mol. The van der Waals surface area contributed by atoms with Gasteiger partial charge in [0.2, 0.25) is 0 Å². The second-order valence-corrected chi connectivity index (χ2v) is 4.26. The highest BCUT2D eigenvalue weighted by molar-refractivity contribution is 8.08. The van der Waals surface area contributed by atoms with Gasteiger partial charge < -0.3 is 5.11 Å². The lowest BCUT2D eigenvalue weighted by atomic mass is 10.4. The molecule has 6 heteroatoms. The van der Waals surface area contributed by atoms with Gasteiger partial charge in [0.1, 0.15) is 0 Å². The van der Waals surface area contributed by atoms with Gasteiger partial charge in [0.15, 0.2) is 0 Å². The predicted octanol–water partition coefficient (Wildman–Crippen LogP) is 0.0715. The third-order valence-corrected chi connectivity index (χ3v) is 3.03. The molecule has 0 aromatic heterocycles. The zero-order valence-electron chi connectivity index (χ0n) is 6.88. The van der Waals surface area contributed by atoms with Crippen LogP contribution in [0.25, 0.3) is 0 Å². The van der Waals surface area contributed by atoms with Crippen molar-refractivity contribution >= 4 is 20.9 Å². The van der Waals surface area contributed by atoms with E-state index in [0.29, 0.717) is 0 Å². The Morgan fingerprint density at radius 2 is 1.57 bits per heavy atom. The van der Waals surface area contributed by atoms with Crippen molar-refractivity contribution in [3.63, 3.8) is 0 Å². The summed E-state index contributed by atoms with van der Waals surface area (Å²) in [6.45, 7) is 0. The van der Waals surface area contributed by atoms with Gasteiger partial charge in [-0.1, -0.05) is 18.2 Å². The maximum absolute atomic E-state index is 11.2. The Hall–Kier alpha value is -1.69. The van der Waals surface area contributed by atoms with E-state index in [1.54, 1.807) is 6.07 Å². The zero-order chi connectivity index (χ0) is 10.8. The standard InChI is InChI=1S/C8H6O5S/c9-7(10)8(11)14(12,13)6-4-2-1-3-5-6/h1-5H,(H,9,10). The van der Waals surface area contributed by atoms with E-state index in [1.165, 1.54) is 12.1 Å².